The second-order valence-corrected chi connectivity index (χ2v) is 7.53. The van der Waals surface area contributed by atoms with Crippen molar-refractivity contribution in [3.05, 3.63) is 57.6 Å². The average Bonchev–Trinajstić information content (AvgIpc) is 2.72. The van der Waals surface area contributed by atoms with E-state index in [2.05, 4.69) is 0 Å². The molecule has 0 aliphatic carbocycles. The lowest BCUT2D eigenvalue weighted by molar-refractivity contribution is -0.385. The summed E-state index contributed by atoms with van der Waals surface area (Å²) < 4.78 is 31.8. The van der Waals surface area contributed by atoms with Crippen LogP contribution < -0.4 is 24.6 Å². The van der Waals surface area contributed by atoms with E-state index in [9.17, 15) is 24.4 Å². The number of carboxylic acid groups (broad SMARTS) is 1. The van der Waals surface area contributed by atoms with Gasteiger partial charge in [-0.3, -0.25) is 19.5 Å². The summed E-state index contributed by atoms with van der Waals surface area (Å²) in [6.45, 7) is -0.678. The Kier molecular flexibility index (Phi) is 7.95. The molecule has 0 bridgehead atoms. The third-order valence-corrected chi connectivity index (χ3v) is 4.95. The Labute approximate surface area is 176 Å². The molecule has 2 atom stereocenters. The molecule has 0 fully saturated rings. The molecule has 0 aliphatic rings. The minimum atomic E-state index is -4.89. The van der Waals surface area contributed by atoms with Crippen LogP contribution in [0.1, 0.15) is 11.1 Å². The zero-order valence-electron chi connectivity index (χ0n) is 16.5. The fourth-order valence-electron chi connectivity index (χ4n) is 2.53. The largest absolute Gasteiger partial charge is 0.746 e. The van der Waals surface area contributed by atoms with Crippen molar-refractivity contribution in [3.63, 3.8) is 0 Å². The summed E-state index contributed by atoms with van der Waals surface area (Å²) in [6.07, 6.45) is 0.0458. The highest BCUT2D eigenvalue weighted by atomic mass is 31.2. The molecular weight excluding hydrogens is 435 g/mol. The fraction of sp³-hybridized carbons (Fsp3) is 0.278. The molecule has 2 aromatic carbocycles. The zero-order valence-corrected chi connectivity index (χ0v) is 17.4. The Balaban J connectivity index is 2.10. The summed E-state index contributed by atoms with van der Waals surface area (Å²) in [5.41, 5.74) is 5.52. The summed E-state index contributed by atoms with van der Waals surface area (Å²) in [4.78, 5) is 33.5. The molecule has 31 heavy (non-hydrogen) atoms. The van der Waals surface area contributed by atoms with E-state index in [4.69, 9.17) is 29.4 Å². The van der Waals surface area contributed by atoms with Crippen LogP contribution in [0, 0.1) is 10.1 Å². The molecule has 1 unspecified atom stereocenters. The number of benzene rings is 2. The SMILES string of the molecule is COc1cc(COP(=O)([O-])Oc2ccc(C[C@H](N)C(=O)O)cc2)c([N+](=O)[O-])cc1OC. The summed E-state index contributed by atoms with van der Waals surface area (Å²) in [6, 6.07) is 6.74. The molecule has 0 spiro atoms. The molecule has 0 saturated carbocycles. The Morgan fingerprint density at radius 3 is 2.29 bits per heavy atom. The van der Waals surface area contributed by atoms with E-state index in [0.717, 1.165) is 6.07 Å². The maximum absolute atomic E-state index is 12.1. The van der Waals surface area contributed by atoms with Crippen LogP contribution in [-0.2, 0) is 26.9 Å². The number of rotatable bonds is 11. The number of nitro benzene ring substituents is 1. The number of nitrogens with two attached hydrogens (primary N) is 1. The Morgan fingerprint density at radius 1 is 1.19 bits per heavy atom. The number of aliphatic carboxylic acids is 1. The summed E-state index contributed by atoms with van der Waals surface area (Å²) in [5.74, 6) is -0.999. The van der Waals surface area contributed by atoms with Gasteiger partial charge in [0.05, 0.1) is 37.4 Å². The molecule has 0 aromatic heterocycles. The number of phosphoric ester groups is 1. The number of phosphoric acid groups is 1. The highest BCUT2D eigenvalue weighted by Gasteiger charge is 2.22. The number of nitro groups is 1. The number of ether oxygens (including phenoxy) is 2. The van der Waals surface area contributed by atoms with Crippen LogP contribution in [0.2, 0.25) is 0 Å². The van der Waals surface area contributed by atoms with Gasteiger partial charge in [-0.1, -0.05) is 12.1 Å². The first-order valence-electron chi connectivity index (χ1n) is 8.68. The van der Waals surface area contributed by atoms with Crippen molar-refractivity contribution in [2.45, 2.75) is 19.1 Å². The van der Waals surface area contributed by atoms with Gasteiger partial charge in [-0.05, 0) is 30.2 Å². The smallest absolute Gasteiger partial charge is 0.320 e. The van der Waals surface area contributed by atoms with Crippen molar-refractivity contribution < 1.29 is 42.8 Å². The Hall–Kier alpha value is -3.18. The van der Waals surface area contributed by atoms with Crippen LogP contribution in [0.5, 0.6) is 17.2 Å². The van der Waals surface area contributed by atoms with Gasteiger partial charge in [-0.2, -0.15) is 0 Å². The van der Waals surface area contributed by atoms with Crippen LogP contribution >= 0.6 is 7.82 Å². The lowest BCUT2D eigenvalue weighted by Crippen LogP contribution is -2.32. The van der Waals surface area contributed by atoms with Crippen LogP contribution in [0.4, 0.5) is 5.69 Å². The maximum atomic E-state index is 12.1. The van der Waals surface area contributed by atoms with Crippen molar-refractivity contribution in [1.82, 2.24) is 0 Å². The van der Waals surface area contributed by atoms with Gasteiger partial charge >= 0.3 is 13.8 Å². The van der Waals surface area contributed by atoms with Crippen molar-refractivity contribution in [2.75, 3.05) is 14.2 Å². The molecule has 2 aromatic rings. The number of carbonyl (C=O) groups is 1. The first-order valence-corrected chi connectivity index (χ1v) is 10.1. The van der Waals surface area contributed by atoms with Crippen LogP contribution in [0.25, 0.3) is 0 Å². The predicted molar refractivity (Wildman–Crippen MR) is 105 cm³/mol. The van der Waals surface area contributed by atoms with Gasteiger partial charge in [-0.25, -0.2) is 0 Å². The van der Waals surface area contributed by atoms with Gasteiger partial charge in [0, 0.05) is 0 Å². The quantitative estimate of drug-likeness (QED) is 0.285. The Bertz CT molecular complexity index is 996. The highest BCUT2D eigenvalue weighted by Crippen LogP contribution is 2.42. The van der Waals surface area contributed by atoms with Gasteiger partial charge in [0.15, 0.2) is 11.5 Å². The normalized spacial score (nSPS) is 13.7. The van der Waals surface area contributed by atoms with Gasteiger partial charge in [0.1, 0.15) is 11.8 Å². The van der Waals surface area contributed by atoms with Crippen LogP contribution in [0.3, 0.4) is 0 Å². The summed E-state index contributed by atoms with van der Waals surface area (Å²) in [7, 11) is -2.27. The standard InChI is InChI=1S/C18H21N2O10P/c1-27-16-8-12(15(20(23)24)9-17(16)28-2)10-29-31(25,26)30-13-5-3-11(4-6-13)7-14(19)18(21)22/h3-6,8-9,14H,7,10,19H2,1-2H3,(H,21,22)(H,25,26)/p-1/t14-/m0/s1. The summed E-state index contributed by atoms with van der Waals surface area (Å²) >= 11 is 0. The number of hydrogen-bond acceptors (Lipinski definition) is 10. The van der Waals surface area contributed by atoms with Gasteiger partial charge in [0.2, 0.25) is 0 Å². The monoisotopic (exact) mass is 455 g/mol. The van der Waals surface area contributed by atoms with Gasteiger partial charge < -0.3 is 34.3 Å². The zero-order chi connectivity index (χ0) is 23.2. The third kappa shape index (κ3) is 6.66. The molecule has 0 heterocycles. The van der Waals surface area contributed by atoms with E-state index in [0.29, 0.717) is 5.56 Å². The van der Waals surface area contributed by atoms with Crippen LogP contribution in [0.15, 0.2) is 36.4 Å². The molecule has 3 N–H and O–H groups in total. The lowest BCUT2D eigenvalue weighted by Gasteiger charge is -2.23. The molecule has 0 aliphatic heterocycles. The molecule has 13 heteroatoms. The van der Waals surface area contributed by atoms with E-state index in [1.54, 1.807) is 0 Å². The minimum Gasteiger partial charge on any atom is -0.746 e. The molecule has 12 nitrogen and oxygen atoms in total. The number of hydrogen-bond donors (Lipinski definition) is 2. The average molecular weight is 455 g/mol. The van der Waals surface area contributed by atoms with Gasteiger partial charge in [0.25, 0.3) is 5.69 Å². The van der Waals surface area contributed by atoms with Crippen molar-refractivity contribution in [2.24, 2.45) is 5.73 Å². The van der Waals surface area contributed by atoms with E-state index in [-0.39, 0.29) is 29.2 Å². The molecule has 0 radical (unpaired) electrons. The lowest BCUT2D eigenvalue weighted by atomic mass is 10.1. The minimum absolute atomic E-state index is 0.0458. The maximum Gasteiger partial charge on any atom is 0.320 e. The fourth-order valence-corrected chi connectivity index (χ4v) is 3.26. The third-order valence-electron chi connectivity index (χ3n) is 4.07. The molecule has 0 saturated heterocycles. The van der Waals surface area contributed by atoms with E-state index in [1.807, 2.05) is 0 Å². The second kappa shape index (κ2) is 10.2. The molecule has 168 valence electrons. The van der Waals surface area contributed by atoms with Crippen molar-refractivity contribution in [3.8, 4) is 17.2 Å². The van der Waals surface area contributed by atoms with Gasteiger partial charge in [-0.15, -0.1) is 0 Å². The van der Waals surface area contributed by atoms with Crippen molar-refractivity contribution >= 4 is 19.5 Å². The molecular formula is C18H20N2O10P-. The first kappa shape index (κ1) is 24.1. The first-order chi connectivity index (χ1) is 14.6. The number of carboxylic acids is 1. The number of nitrogens with zero attached hydrogens (tertiary/aromatic N) is 1. The van der Waals surface area contributed by atoms with E-state index in [1.165, 1.54) is 44.6 Å². The second-order valence-electron chi connectivity index (χ2n) is 6.20. The van der Waals surface area contributed by atoms with E-state index < -0.39 is 37.1 Å². The topological polar surface area (TPSA) is 184 Å². The summed E-state index contributed by atoms with van der Waals surface area (Å²) in [5, 5.41) is 20.1. The van der Waals surface area contributed by atoms with Crippen molar-refractivity contribution in [1.29, 1.82) is 0 Å². The van der Waals surface area contributed by atoms with E-state index >= 15 is 0 Å². The van der Waals surface area contributed by atoms with Crippen LogP contribution in [-0.4, -0.2) is 36.3 Å². The predicted octanol–water partition coefficient (Wildman–Crippen LogP) is 1.63. The molecule has 0 amide bonds. The Morgan fingerprint density at radius 2 is 1.77 bits per heavy atom. The number of methoxy groups -OCH3 is 2. The highest BCUT2D eigenvalue weighted by molar-refractivity contribution is 7.46. The molecule has 2 rings (SSSR count).